The number of aliphatic imine (C=N–C) groups is 1. The minimum atomic E-state index is 0.669. The van der Waals surface area contributed by atoms with E-state index in [0.717, 1.165) is 30.7 Å². The largest absolute Gasteiger partial charge is 0.369 e. The summed E-state index contributed by atoms with van der Waals surface area (Å²) < 4.78 is 0. The van der Waals surface area contributed by atoms with Crippen molar-refractivity contribution >= 4 is 11.6 Å². The summed E-state index contributed by atoms with van der Waals surface area (Å²) in [4.78, 5) is 9.33. The summed E-state index contributed by atoms with van der Waals surface area (Å²) >= 11 is 0. The van der Waals surface area contributed by atoms with Crippen molar-refractivity contribution in [3.05, 3.63) is 30.3 Å². The van der Waals surface area contributed by atoms with Crippen molar-refractivity contribution in [2.75, 3.05) is 26.7 Å². The Morgan fingerprint density at radius 1 is 1.20 bits per heavy atom. The molecule has 3 rings (SSSR count). The summed E-state index contributed by atoms with van der Waals surface area (Å²) in [6.45, 7) is 3.32. The highest BCUT2D eigenvalue weighted by molar-refractivity contribution is 5.81. The maximum Gasteiger partial charge on any atom is 0.196 e. The number of nitrogens with two attached hydrogens (primary N) is 1. The van der Waals surface area contributed by atoms with Gasteiger partial charge in [0.2, 0.25) is 0 Å². The Bertz CT molecular complexity index is 471. The number of piperidine rings is 2. The van der Waals surface area contributed by atoms with E-state index in [1.54, 1.807) is 0 Å². The topological polar surface area (TPSA) is 44.9 Å². The van der Waals surface area contributed by atoms with Crippen LogP contribution in [0.15, 0.2) is 35.3 Å². The van der Waals surface area contributed by atoms with Crippen LogP contribution in [0.5, 0.6) is 0 Å². The van der Waals surface area contributed by atoms with Crippen LogP contribution < -0.4 is 5.73 Å². The molecule has 2 saturated heterocycles. The average molecular weight is 272 g/mol. The molecule has 2 aliphatic heterocycles. The van der Waals surface area contributed by atoms with Gasteiger partial charge < -0.3 is 15.5 Å². The van der Waals surface area contributed by atoms with Gasteiger partial charge in [-0.05, 0) is 50.9 Å². The van der Waals surface area contributed by atoms with Gasteiger partial charge in [-0.15, -0.1) is 0 Å². The van der Waals surface area contributed by atoms with Gasteiger partial charge >= 0.3 is 0 Å². The second-order valence-electron chi connectivity index (χ2n) is 5.99. The van der Waals surface area contributed by atoms with Crippen LogP contribution >= 0.6 is 0 Å². The Morgan fingerprint density at radius 2 is 2.00 bits per heavy atom. The van der Waals surface area contributed by atoms with E-state index in [1.807, 2.05) is 30.3 Å². The maximum atomic E-state index is 6.20. The summed E-state index contributed by atoms with van der Waals surface area (Å²) in [7, 11) is 2.26. The SMILES string of the molecule is CN1CCCC2CN(C(N)=Nc3ccccc3)CCC21. The highest BCUT2D eigenvalue weighted by Crippen LogP contribution is 2.29. The van der Waals surface area contributed by atoms with Gasteiger partial charge in [-0.1, -0.05) is 18.2 Å². The highest BCUT2D eigenvalue weighted by Gasteiger charge is 2.34. The Kier molecular flexibility index (Phi) is 3.92. The maximum absolute atomic E-state index is 6.20. The third-order valence-electron chi connectivity index (χ3n) is 4.67. The standard InChI is InChI=1S/C16H24N4/c1-19-10-5-6-13-12-20(11-9-15(13)19)16(17)18-14-7-3-2-4-8-14/h2-4,7-8,13,15H,5-6,9-12H2,1H3,(H2,17,18). The summed E-state index contributed by atoms with van der Waals surface area (Å²) in [6.07, 6.45) is 3.83. The molecule has 0 spiro atoms. The van der Waals surface area contributed by atoms with E-state index in [0.29, 0.717) is 5.96 Å². The molecule has 2 heterocycles. The molecule has 0 aliphatic carbocycles. The van der Waals surface area contributed by atoms with E-state index in [-0.39, 0.29) is 0 Å². The van der Waals surface area contributed by atoms with Crippen LogP contribution in [0, 0.1) is 5.92 Å². The molecule has 0 radical (unpaired) electrons. The summed E-state index contributed by atoms with van der Waals surface area (Å²) in [5.41, 5.74) is 7.14. The first-order chi connectivity index (χ1) is 9.74. The number of benzene rings is 1. The van der Waals surface area contributed by atoms with E-state index >= 15 is 0 Å². The van der Waals surface area contributed by atoms with Gasteiger partial charge in [-0.2, -0.15) is 0 Å². The number of para-hydroxylation sites is 1. The first kappa shape index (κ1) is 13.4. The Hall–Kier alpha value is -1.55. The van der Waals surface area contributed by atoms with Crippen molar-refractivity contribution in [3.8, 4) is 0 Å². The molecule has 20 heavy (non-hydrogen) atoms. The Morgan fingerprint density at radius 3 is 2.80 bits per heavy atom. The lowest BCUT2D eigenvalue weighted by molar-refractivity contribution is 0.0628. The lowest BCUT2D eigenvalue weighted by atomic mass is 9.84. The lowest BCUT2D eigenvalue weighted by Crippen LogP contribution is -2.55. The van der Waals surface area contributed by atoms with Crippen molar-refractivity contribution in [2.45, 2.75) is 25.3 Å². The van der Waals surface area contributed by atoms with Crippen molar-refractivity contribution in [3.63, 3.8) is 0 Å². The van der Waals surface area contributed by atoms with E-state index in [9.17, 15) is 0 Å². The van der Waals surface area contributed by atoms with Gasteiger partial charge in [0.25, 0.3) is 0 Å². The van der Waals surface area contributed by atoms with Gasteiger partial charge in [0.15, 0.2) is 5.96 Å². The number of fused-ring (bicyclic) bond motifs is 1. The summed E-state index contributed by atoms with van der Waals surface area (Å²) in [5, 5.41) is 0. The number of hydrogen-bond acceptors (Lipinski definition) is 2. The second kappa shape index (κ2) is 5.83. The zero-order chi connectivity index (χ0) is 13.9. The fourth-order valence-corrected chi connectivity index (χ4v) is 3.57. The van der Waals surface area contributed by atoms with Crippen LogP contribution in [-0.2, 0) is 0 Å². The van der Waals surface area contributed by atoms with Gasteiger partial charge in [0.05, 0.1) is 5.69 Å². The fraction of sp³-hybridized carbons (Fsp3) is 0.562. The monoisotopic (exact) mass is 272 g/mol. The van der Waals surface area contributed by atoms with Gasteiger partial charge in [0.1, 0.15) is 0 Å². The average Bonchev–Trinajstić information content (AvgIpc) is 2.48. The van der Waals surface area contributed by atoms with Gasteiger partial charge in [-0.3, -0.25) is 0 Å². The number of nitrogens with zero attached hydrogens (tertiary/aromatic N) is 3. The van der Waals surface area contributed by atoms with Crippen molar-refractivity contribution in [1.29, 1.82) is 0 Å². The minimum absolute atomic E-state index is 0.669. The van der Waals surface area contributed by atoms with Crippen molar-refractivity contribution in [2.24, 2.45) is 16.6 Å². The predicted molar refractivity (Wildman–Crippen MR) is 83.1 cm³/mol. The van der Waals surface area contributed by atoms with Crippen molar-refractivity contribution in [1.82, 2.24) is 9.80 Å². The number of likely N-dealkylation sites (tertiary alicyclic amines) is 2. The second-order valence-corrected chi connectivity index (χ2v) is 5.99. The molecule has 4 nitrogen and oxygen atoms in total. The van der Waals surface area contributed by atoms with Crippen LogP contribution in [-0.4, -0.2) is 48.5 Å². The lowest BCUT2D eigenvalue weighted by Gasteiger charge is -2.46. The van der Waals surface area contributed by atoms with Crippen LogP contribution in [0.25, 0.3) is 0 Å². The molecule has 2 aliphatic rings. The Labute approximate surface area is 121 Å². The summed E-state index contributed by atoms with van der Waals surface area (Å²) in [5.74, 6) is 1.41. The third kappa shape index (κ3) is 2.80. The fourth-order valence-electron chi connectivity index (χ4n) is 3.57. The van der Waals surface area contributed by atoms with Gasteiger partial charge in [0, 0.05) is 19.1 Å². The highest BCUT2D eigenvalue weighted by atomic mass is 15.3. The quantitative estimate of drug-likeness (QED) is 0.628. The molecule has 1 aromatic rings. The first-order valence-electron chi connectivity index (χ1n) is 7.58. The summed E-state index contributed by atoms with van der Waals surface area (Å²) in [6, 6.07) is 10.7. The normalized spacial score (nSPS) is 28.2. The van der Waals surface area contributed by atoms with E-state index in [4.69, 9.17) is 5.73 Å². The molecule has 2 N–H and O–H groups in total. The first-order valence-corrected chi connectivity index (χ1v) is 7.58. The Balaban J connectivity index is 1.68. The van der Waals surface area contributed by atoms with Crippen LogP contribution in [0.2, 0.25) is 0 Å². The molecule has 0 amide bonds. The molecule has 0 bridgehead atoms. The molecule has 2 atom stereocenters. The third-order valence-corrected chi connectivity index (χ3v) is 4.67. The molecule has 1 aromatic carbocycles. The van der Waals surface area contributed by atoms with Crippen molar-refractivity contribution < 1.29 is 0 Å². The molecule has 0 saturated carbocycles. The molecule has 2 fully saturated rings. The number of rotatable bonds is 1. The van der Waals surface area contributed by atoms with Crippen LogP contribution in [0.4, 0.5) is 5.69 Å². The number of hydrogen-bond donors (Lipinski definition) is 1. The predicted octanol–water partition coefficient (Wildman–Crippen LogP) is 2.05. The smallest absolute Gasteiger partial charge is 0.196 e. The van der Waals surface area contributed by atoms with Crippen LogP contribution in [0.3, 0.4) is 0 Å². The number of guanidine groups is 1. The minimum Gasteiger partial charge on any atom is -0.369 e. The molecule has 2 unspecified atom stereocenters. The molecule has 0 aromatic heterocycles. The zero-order valence-electron chi connectivity index (χ0n) is 12.2. The van der Waals surface area contributed by atoms with E-state index in [2.05, 4.69) is 21.8 Å². The van der Waals surface area contributed by atoms with Gasteiger partial charge in [-0.25, -0.2) is 4.99 Å². The van der Waals surface area contributed by atoms with Crippen LogP contribution in [0.1, 0.15) is 19.3 Å². The molecule has 4 heteroatoms. The molecular formula is C16H24N4. The molecule has 108 valence electrons. The zero-order valence-corrected chi connectivity index (χ0v) is 12.2. The molecular weight excluding hydrogens is 248 g/mol. The van der Waals surface area contributed by atoms with E-state index in [1.165, 1.54) is 25.8 Å². The van der Waals surface area contributed by atoms with E-state index < -0.39 is 0 Å².